The van der Waals surface area contributed by atoms with Crippen LogP contribution in [0.25, 0.3) is 0 Å². The summed E-state index contributed by atoms with van der Waals surface area (Å²) in [5, 5.41) is 10.8. The van der Waals surface area contributed by atoms with Gasteiger partial charge in [0.25, 0.3) is 0 Å². The molecule has 26 heavy (non-hydrogen) atoms. The Morgan fingerprint density at radius 2 is 1.92 bits per heavy atom. The van der Waals surface area contributed by atoms with Crippen molar-refractivity contribution >= 4 is 27.3 Å². The van der Waals surface area contributed by atoms with Crippen molar-refractivity contribution in [1.82, 2.24) is 15.4 Å². The predicted molar refractivity (Wildman–Crippen MR) is 108 cm³/mol. The lowest BCUT2D eigenvalue weighted by atomic mass is 10.1. The molecule has 0 spiro atoms. The molecule has 0 saturated carbocycles. The number of nitrogens with one attached hydrogen (secondary N) is 3. The maximum atomic E-state index is 11.8. The molecule has 2 aromatic rings. The second-order valence-corrected chi connectivity index (χ2v) is 8.55. The molecule has 0 fully saturated rings. The van der Waals surface area contributed by atoms with Crippen molar-refractivity contribution in [2.75, 3.05) is 20.1 Å². The minimum absolute atomic E-state index is 0.252. The zero-order valence-electron chi connectivity index (χ0n) is 15.3. The van der Waals surface area contributed by atoms with Crippen LogP contribution in [0.2, 0.25) is 0 Å². The largest absolute Gasteiger partial charge is 0.357 e. The molecule has 2 rings (SSSR count). The fourth-order valence-corrected chi connectivity index (χ4v) is 3.84. The normalized spacial score (nSPS) is 13.4. The monoisotopic (exact) mass is 394 g/mol. The van der Waals surface area contributed by atoms with E-state index >= 15 is 0 Å². The van der Waals surface area contributed by atoms with E-state index in [4.69, 9.17) is 0 Å². The van der Waals surface area contributed by atoms with Gasteiger partial charge < -0.3 is 10.6 Å². The zero-order valence-corrected chi connectivity index (χ0v) is 17.0. The Labute approximate surface area is 159 Å². The van der Waals surface area contributed by atoms with Gasteiger partial charge in [-0.25, -0.2) is 18.1 Å². The smallest absolute Gasteiger partial charge is 0.240 e. The maximum absolute atomic E-state index is 11.8. The molecule has 0 amide bonds. The summed E-state index contributed by atoms with van der Waals surface area (Å²) in [6, 6.07) is 8.89. The summed E-state index contributed by atoms with van der Waals surface area (Å²) in [4.78, 5) is 4.83. The first-order valence-corrected chi connectivity index (χ1v) is 11.0. The molecule has 0 aliphatic rings. The van der Waals surface area contributed by atoms with E-state index in [1.807, 2.05) is 6.92 Å². The molecule has 3 N–H and O–H groups in total. The third-order valence-corrected chi connectivity index (χ3v) is 6.09. The Kier molecular flexibility index (Phi) is 7.62. The molecular formula is C18H26N4O2S2. The molecule has 0 bridgehead atoms. The molecule has 0 radical (unpaired) electrons. The minimum Gasteiger partial charge on any atom is -0.357 e. The highest BCUT2D eigenvalue weighted by molar-refractivity contribution is 7.89. The van der Waals surface area contributed by atoms with Gasteiger partial charge in [0, 0.05) is 13.1 Å². The quantitative estimate of drug-likeness (QED) is 0.475. The lowest BCUT2D eigenvalue weighted by Gasteiger charge is -2.15. The molecule has 1 heterocycles. The van der Waals surface area contributed by atoms with Gasteiger partial charge in [0.2, 0.25) is 10.0 Å². The van der Waals surface area contributed by atoms with Crippen LogP contribution in [0.3, 0.4) is 0 Å². The van der Waals surface area contributed by atoms with Gasteiger partial charge in [0.15, 0.2) is 5.96 Å². The molecule has 1 aromatic heterocycles. The van der Waals surface area contributed by atoms with E-state index in [0.29, 0.717) is 12.5 Å². The van der Waals surface area contributed by atoms with Crippen molar-refractivity contribution in [3.05, 3.63) is 52.2 Å². The fraction of sp³-hybridized carbons (Fsp3) is 0.389. The molecule has 0 saturated heterocycles. The van der Waals surface area contributed by atoms with Crippen LogP contribution in [0, 0.1) is 0 Å². The van der Waals surface area contributed by atoms with E-state index in [-0.39, 0.29) is 4.90 Å². The van der Waals surface area contributed by atoms with Crippen molar-refractivity contribution in [3.8, 4) is 0 Å². The number of rotatable bonds is 8. The van der Waals surface area contributed by atoms with Gasteiger partial charge in [0.05, 0.1) is 11.4 Å². The number of guanidine groups is 1. The van der Waals surface area contributed by atoms with Crippen LogP contribution in [0.15, 0.2) is 51.0 Å². The highest BCUT2D eigenvalue weighted by Gasteiger charge is 2.10. The number of benzene rings is 1. The van der Waals surface area contributed by atoms with Crippen molar-refractivity contribution in [2.24, 2.45) is 4.99 Å². The Hall–Kier alpha value is -1.90. The van der Waals surface area contributed by atoms with Crippen molar-refractivity contribution in [2.45, 2.75) is 31.2 Å². The van der Waals surface area contributed by atoms with E-state index in [9.17, 15) is 8.42 Å². The molecule has 1 atom stereocenters. The van der Waals surface area contributed by atoms with Crippen LogP contribution in [0.1, 0.15) is 30.9 Å². The predicted octanol–water partition coefficient (Wildman–Crippen LogP) is 2.52. The van der Waals surface area contributed by atoms with Crippen LogP contribution in [-0.2, 0) is 16.6 Å². The van der Waals surface area contributed by atoms with E-state index in [2.05, 4.69) is 44.1 Å². The van der Waals surface area contributed by atoms with Gasteiger partial charge in [-0.1, -0.05) is 19.1 Å². The van der Waals surface area contributed by atoms with Gasteiger partial charge in [-0.3, -0.25) is 0 Å². The molecule has 0 aliphatic carbocycles. The van der Waals surface area contributed by atoms with Crippen LogP contribution >= 0.6 is 11.3 Å². The summed E-state index contributed by atoms with van der Waals surface area (Å²) in [6.07, 6.45) is 0. The Morgan fingerprint density at radius 1 is 1.19 bits per heavy atom. The highest BCUT2D eigenvalue weighted by Crippen LogP contribution is 2.17. The summed E-state index contributed by atoms with van der Waals surface area (Å²) in [5.74, 6) is 1.15. The van der Waals surface area contributed by atoms with E-state index in [1.165, 1.54) is 12.6 Å². The first-order valence-electron chi connectivity index (χ1n) is 8.53. The topological polar surface area (TPSA) is 82.6 Å². The molecule has 1 aromatic carbocycles. The van der Waals surface area contributed by atoms with Gasteiger partial charge in [-0.2, -0.15) is 11.3 Å². The second-order valence-electron chi connectivity index (χ2n) is 5.89. The van der Waals surface area contributed by atoms with Crippen LogP contribution in [0.5, 0.6) is 0 Å². The zero-order chi connectivity index (χ0) is 19.0. The average molecular weight is 395 g/mol. The lowest BCUT2D eigenvalue weighted by Crippen LogP contribution is -2.39. The highest BCUT2D eigenvalue weighted by atomic mass is 32.2. The number of sulfonamides is 1. The van der Waals surface area contributed by atoms with E-state index in [0.717, 1.165) is 24.6 Å². The maximum Gasteiger partial charge on any atom is 0.240 e. The third kappa shape index (κ3) is 5.82. The number of aliphatic imine (C=N–C) groups is 1. The Balaban J connectivity index is 1.97. The SMILES string of the molecule is CCNC(=NCc1ccc(S(=O)(=O)NC)cc1)NCC(C)c1ccsc1. The molecule has 1 unspecified atom stereocenters. The van der Waals surface area contributed by atoms with Crippen LogP contribution in [-0.4, -0.2) is 34.5 Å². The number of hydrogen-bond donors (Lipinski definition) is 3. The lowest BCUT2D eigenvalue weighted by molar-refractivity contribution is 0.588. The summed E-state index contributed by atoms with van der Waals surface area (Å²) < 4.78 is 25.8. The average Bonchev–Trinajstić information content (AvgIpc) is 3.19. The Bertz CT molecular complexity index is 800. The number of nitrogens with zero attached hydrogens (tertiary/aromatic N) is 1. The Morgan fingerprint density at radius 3 is 2.50 bits per heavy atom. The minimum atomic E-state index is -3.40. The molecule has 6 nitrogen and oxygen atoms in total. The second kappa shape index (κ2) is 9.70. The fourth-order valence-electron chi connectivity index (χ4n) is 2.33. The molecular weight excluding hydrogens is 368 g/mol. The standard InChI is InChI=1S/C18H26N4O2S2/c1-4-20-18(21-11-14(2)16-9-10-25-13-16)22-12-15-5-7-17(8-6-15)26(23,24)19-3/h5-10,13-14,19H,4,11-12H2,1-3H3,(H2,20,21,22). The van der Waals surface area contributed by atoms with Crippen molar-refractivity contribution < 1.29 is 8.42 Å². The first kappa shape index (κ1) is 20.4. The molecule has 0 aliphatic heterocycles. The third-order valence-electron chi connectivity index (χ3n) is 3.95. The van der Waals surface area contributed by atoms with Gasteiger partial charge >= 0.3 is 0 Å². The van der Waals surface area contributed by atoms with Crippen LogP contribution < -0.4 is 15.4 Å². The number of thiophene rings is 1. The van der Waals surface area contributed by atoms with E-state index in [1.54, 1.807) is 35.6 Å². The van der Waals surface area contributed by atoms with Crippen molar-refractivity contribution in [3.63, 3.8) is 0 Å². The molecule has 8 heteroatoms. The summed E-state index contributed by atoms with van der Waals surface area (Å²) in [5.41, 5.74) is 2.27. The number of hydrogen-bond acceptors (Lipinski definition) is 4. The van der Waals surface area contributed by atoms with Gasteiger partial charge in [-0.15, -0.1) is 0 Å². The van der Waals surface area contributed by atoms with Gasteiger partial charge in [-0.05, 0) is 60.0 Å². The van der Waals surface area contributed by atoms with Gasteiger partial charge in [0.1, 0.15) is 0 Å². The van der Waals surface area contributed by atoms with E-state index < -0.39 is 10.0 Å². The molecule has 142 valence electrons. The summed E-state index contributed by atoms with van der Waals surface area (Å²) in [6.45, 7) is 6.25. The summed E-state index contributed by atoms with van der Waals surface area (Å²) >= 11 is 1.70. The summed E-state index contributed by atoms with van der Waals surface area (Å²) in [7, 11) is -2.00. The van der Waals surface area contributed by atoms with Crippen molar-refractivity contribution in [1.29, 1.82) is 0 Å². The van der Waals surface area contributed by atoms with Crippen LogP contribution in [0.4, 0.5) is 0 Å². The first-order chi connectivity index (χ1) is 12.5.